The molecule has 34 heavy (non-hydrogen) atoms. The number of rotatable bonds is 5. The molecule has 10 heteroatoms. The molecular formula is C24H16Cl2N2O6. The maximum Gasteiger partial charge on any atom is 0.339 e. The van der Waals surface area contributed by atoms with Crippen LogP contribution in [0.2, 0.25) is 10.0 Å². The summed E-state index contributed by atoms with van der Waals surface area (Å²) in [6.45, 7) is 1.66. The number of esters is 1. The van der Waals surface area contributed by atoms with Crippen molar-refractivity contribution in [1.29, 1.82) is 0 Å². The Morgan fingerprint density at radius 2 is 1.76 bits per heavy atom. The minimum Gasteiger partial charge on any atom is -0.478 e. The van der Waals surface area contributed by atoms with Gasteiger partial charge in [-0.1, -0.05) is 23.2 Å². The van der Waals surface area contributed by atoms with Crippen molar-refractivity contribution >= 4 is 58.5 Å². The third-order valence-electron chi connectivity index (χ3n) is 5.06. The molecule has 1 amide bonds. The molecule has 2 aromatic carbocycles. The number of furan rings is 1. The molecule has 0 atom stereocenters. The molecule has 0 radical (unpaired) electrons. The number of aromatic carboxylic acids is 1. The number of anilines is 1. The van der Waals surface area contributed by atoms with Gasteiger partial charge in [0.05, 0.1) is 45.3 Å². The highest BCUT2D eigenvalue weighted by atomic mass is 35.5. The van der Waals surface area contributed by atoms with Crippen molar-refractivity contribution in [2.75, 3.05) is 12.1 Å². The number of carboxylic acid groups (broad SMARTS) is 1. The Bertz CT molecular complexity index is 1410. The van der Waals surface area contributed by atoms with Crippen LogP contribution in [0.3, 0.4) is 0 Å². The number of ether oxygens (including phenoxy) is 1. The molecule has 0 saturated heterocycles. The van der Waals surface area contributed by atoms with E-state index in [0.29, 0.717) is 22.8 Å². The molecule has 0 aliphatic carbocycles. The smallest absolute Gasteiger partial charge is 0.339 e. The highest BCUT2D eigenvalue weighted by Crippen LogP contribution is 2.31. The normalized spacial score (nSPS) is 14.5. The molecule has 1 N–H and O–H groups in total. The van der Waals surface area contributed by atoms with Gasteiger partial charge in [-0.3, -0.25) is 4.79 Å². The molecule has 0 bridgehead atoms. The molecule has 8 nitrogen and oxygen atoms in total. The molecule has 0 saturated carbocycles. The summed E-state index contributed by atoms with van der Waals surface area (Å²) in [4.78, 5) is 36.3. The van der Waals surface area contributed by atoms with Crippen molar-refractivity contribution < 1.29 is 28.6 Å². The molecule has 172 valence electrons. The zero-order valence-corrected chi connectivity index (χ0v) is 19.3. The van der Waals surface area contributed by atoms with Crippen LogP contribution in [-0.2, 0) is 9.53 Å². The maximum absolute atomic E-state index is 13.0. The first-order valence-electron chi connectivity index (χ1n) is 9.82. The van der Waals surface area contributed by atoms with E-state index in [4.69, 9.17) is 32.4 Å². The Balaban J connectivity index is 1.63. The van der Waals surface area contributed by atoms with Crippen LogP contribution in [0.15, 0.2) is 63.6 Å². The number of carbonyl (C=O) groups is 3. The molecule has 3 aromatic rings. The predicted octanol–water partition coefficient (Wildman–Crippen LogP) is 5.54. The third kappa shape index (κ3) is 4.33. The number of nitrogens with zero attached hydrogens (tertiary/aromatic N) is 2. The van der Waals surface area contributed by atoms with Gasteiger partial charge >= 0.3 is 11.9 Å². The Morgan fingerprint density at radius 1 is 1.06 bits per heavy atom. The summed E-state index contributed by atoms with van der Waals surface area (Å²) < 4.78 is 10.6. The second-order valence-electron chi connectivity index (χ2n) is 7.22. The largest absolute Gasteiger partial charge is 0.478 e. The molecule has 0 spiro atoms. The van der Waals surface area contributed by atoms with Gasteiger partial charge in [0.1, 0.15) is 11.5 Å². The summed E-state index contributed by atoms with van der Waals surface area (Å²) in [5.41, 5.74) is 1.63. The molecular weight excluding hydrogens is 483 g/mol. The van der Waals surface area contributed by atoms with E-state index in [-0.39, 0.29) is 32.4 Å². The molecule has 1 aliphatic rings. The Labute approximate surface area is 203 Å². The van der Waals surface area contributed by atoms with Gasteiger partial charge in [-0.2, -0.15) is 10.1 Å². The summed E-state index contributed by atoms with van der Waals surface area (Å²) in [5, 5.41) is 15.0. The fraction of sp³-hybridized carbons (Fsp3) is 0.0833. The van der Waals surface area contributed by atoms with E-state index in [0.717, 1.165) is 5.01 Å². The van der Waals surface area contributed by atoms with Crippen molar-refractivity contribution in [2.45, 2.75) is 6.92 Å². The molecule has 0 unspecified atom stereocenters. The SMILES string of the molecule is COC(=O)c1cc(-c2ccc(C=C3C(=O)N(c4ccc(Cl)c(C(=O)O)c4)N=C3C)o2)ccc1Cl. The maximum atomic E-state index is 13.0. The van der Waals surface area contributed by atoms with E-state index < -0.39 is 17.8 Å². The number of benzene rings is 2. The molecule has 1 aliphatic heterocycles. The van der Waals surface area contributed by atoms with E-state index in [9.17, 15) is 19.5 Å². The van der Waals surface area contributed by atoms with E-state index in [1.54, 1.807) is 37.3 Å². The van der Waals surface area contributed by atoms with Gasteiger partial charge in [-0.25, -0.2) is 9.59 Å². The third-order valence-corrected chi connectivity index (χ3v) is 5.72. The van der Waals surface area contributed by atoms with Crippen LogP contribution < -0.4 is 5.01 Å². The minimum absolute atomic E-state index is 0.0556. The Hall–Kier alpha value is -3.88. The van der Waals surface area contributed by atoms with Gasteiger partial charge in [-0.15, -0.1) is 0 Å². The van der Waals surface area contributed by atoms with Gasteiger partial charge < -0.3 is 14.3 Å². The lowest BCUT2D eigenvalue weighted by Gasteiger charge is -2.12. The van der Waals surface area contributed by atoms with E-state index in [1.807, 2.05) is 0 Å². The molecule has 4 rings (SSSR count). The average molecular weight is 499 g/mol. The van der Waals surface area contributed by atoms with Crippen molar-refractivity contribution in [3.8, 4) is 11.3 Å². The Morgan fingerprint density at radius 3 is 2.47 bits per heavy atom. The first kappa shape index (κ1) is 23.3. The van der Waals surface area contributed by atoms with Gasteiger partial charge in [0, 0.05) is 5.56 Å². The number of hydrazone groups is 1. The summed E-state index contributed by atoms with van der Waals surface area (Å²) in [7, 11) is 1.26. The summed E-state index contributed by atoms with van der Waals surface area (Å²) in [6, 6.07) is 12.4. The monoisotopic (exact) mass is 498 g/mol. The number of carboxylic acids is 1. The van der Waals surface area contributed by atoms with E-state index >= 15 is 0 Å². The first-order chi connectivity index (χ1) is 16.2. The number of carbonyl (C=O) groups excluding carboxylic acids is 2. The van der Waals surface area contributed by atoms with Crippen molar-refractivity contribution in [1.82, 2.24) is 0 Å². The van der Waals surface area contributed by atoms with Crippen LogP contribution in [0.1, 0.15) is 33.4 Å². The van der Waals surface area contributed by atoms with Crippen molar-refractivity contribution in [3.05, 3.63) is 81.0 Å². The molecule has 1 aromatic heterocycles. The van der Waals surface area contributed by atoms with Crippen molar-refractivity contribution in [2.24, 2.45) is 5.10 Å². The highest BCUT2D eigenvalue weighted by molar-refractivity contribution is 6.35. The number of hydrogen-bond acceptors (Lipinski definition) is 6. The summed E-state index contributed by atoms with van der Waals surface area (Å²) in [6.07, 6.45) is 1.54. The summed E-state index contributed by atoms with van der Waals surface area (Å²) >= 11 is 12.0. The van der Waals surface area contributed by atoms with Gasteiger partial charge in [-0.05, 0) is 61.5 Å². The fourth-order valence-electron chi connectivity index (χ4n) is 3.34. The lowest BCUT2D eigenvalue weighted by Crippen LogP contribution is -2.21. The van der Waals surface area contributed by atoms with Crippen LogP contribution in [0.25, 0.3) is 17.4 Å². The van der Waals surface area contributed by atoms with E-state index in [1.165, 1.54) is 31.4 Å². The van der Waals surface area contributed by atoms with Gasteiger partial charge in [0.15, 0.2) is 0 Å². The van der Waals surface area contributed by atoms with Crippen LogP contribution in [0.4, 0.5) is 5.69 Å². The van der Waals surface area contributed by atoms with Gasteiger partial charge in [0.25, 0.3) is 5.91 Å². The molecule has 2 heterocycles. The number of methoxy groups -OCH3 is 1. The zero-order chi connectivity index (χ0) is 24.6. The predicted molar refractivity (Wildman–Crippen MR) is 127 cm³/mol. The lowest BCUT2D eigenvalue weighted by molar-refractivity contribution is -0.114. The van der Waals surface area contributed by atoms with Crippen LogP contribution >= 0.6 is 23.2 Å². The quantitative estimate of drug-likeness (QED) is 0.365. The second-order valence-corrected chi connectivity index (χ2v) is 8.03. The lowest BCUT2D eigenvalue weighted by atomic mass is 10.1. The minimum atomic E-state index is -1.21. The average Bonchev–Trinajstić information content (AvgIpc) is 3.39. The highest BCUT2D eigenvalue weighted by Gasteiger charge is 2.30. The standard InChI is InChI=1S/C24H16Cl2N2O6/c1-12-16(22(29)28(27-12)14-4-7-19(25)17(10-14)23(30)31)11-15-5-8-21(34-15)13-3-6-20(26)18(9-13)24(32)33-2/h3-11H,1-2H3,(H,30,31). The van der Waals surface area contributed by atoms with Gasteiger partial charge in [0.2, 0.25) is 0 Å². The van der Waals surface area contributed by atoms with Crippen molar-refractivity contribution in [3.63, 3.8) is 0 Å². The summed E-state index contributed by atoms with van der Waals surface area (Å²) in [5.74, 6) is -1.40. The van der Waals surface area contributed by atoms with Crippen LogP contribution in [0, 0.1) is 0 Å². The van der Waals surface area contributed by atoms with E-state index in [2.05, 4.69) is 5.10 Å². The fourth-order valence-corrected chi connectivity index (χ4v) is 3.73. The topological polar surface area (TPSA) is 109 Å². The second kappa shape index (κ2) is 9.17. The number of amides is 1. The molecule has 0 fully saturated rings. The van der Waals surface area contributed by atoms with Crippen LogP contribution in [-0.4, -0.2) is 35.8 Å². The first-order valence-corrected chi connectivity index (χ1v) is 10.6. The van der Waals surface area contributed by atoms with Crippen LogP contribution in [0.5, 0.6) is 0 Å². The zero-order valence-electron chi connectivity index (χ0n) is 17.8. The Kier molecular flexibility index (Phi) is 6.28. The number of hydrogen-bond donors (Lipinski definition) is 1. The number of halogens is 2.